The van der Waals surface area contributed by atoms with Gasteiger partial charge in [0.25, 0.3) is 5.91 Å². The zero-order valence-electron chi connectivity index (χ0n) is 19.4. The predicted octanol–water partition coefficient (Wildman–Crippen LogP) is 6.18. The molecule has 36 heavy (non-hydrogen) atoms. The zero-order chi connectivity index (χ0) is 25.3. The van der Waals surface area contributed by atoms with Crippen molar-refractivity contribution >= 4 is 34.2 Å². The summed E-state index contributed by atoms with van der Waals surface area (Å²) in [5, 5.41) is 4.77. The fourth-order valence-corrected chi connectivity index (χ4v) is 4.32. The van der Waals surface area contributed by atoms with E-state index in [-0.39, 0.29) is 17.7 Å². The van der Waals surface area contributed by atoms with E-state index in [1.54, 1.807) is 36.6 Å². The first-order valence-corrected chi connectivity index (χ1v) is 12.1. The Morgan fingerprint density at radius 2 is 1.42 bits per heavy atom. The van der Waals surface area contributed by atoms with Crippen LogP contribution in [-0.4, -0.2) is 31.1 Å². The molecule has 0 unspecified atom stereocenters. The Morgan fingerprint density at radius 1 is 0.778 bits per heavy atom. The number of anilines is 1. The minimum Gasteiger partial charge on any atom is -0.462 e. The van der Waals surface area contributed by atoms with Crippen molar-refractivity contribution in [3.63, 3.8) is 0 Å². The number of carbonyl (C=O) groups excluding carboxylic acids is 3. The maximum absolute atomic E-state index is 12.6. The lowest BCUT2D eigenvalue weighted by Crippen LogP contribution is -2.21. The number of esters is 2. The first-order chi connectivity index (χ1) is 17.5. The van der Waals surface area contributed by atoms with Crippen molar-refractivity contribution < 1.29 is 28.6 Å². The van der Waals surface area contributed by atoms with Gasteiger partial charge in [-0.3, -0.25) is 4.79 Å². The molecule has 3 aromatic carbocycles. The van der Waals surface area contributed by atoms with Gasteiger partial charge < -0.3 is 19.5 Å². The molecule has 0 radical (unpaired) electrons. The van der Waals surface area contributed by atoms with Gasteiger partial charge in [-0.05, 0) is 48.9 Å². The molecular formula is C28H23NO6S. The van der Waals surface area contributed by atoms with Crippen molar-refractivity contribution in [1.82, 2.24) is 0 Å². The fourth-order valence-electron chi connectivity index (χ4n) is 3.35. The number of thiophene rings is 1. The molecule has 1 N–H and O–H groups in total. The molecule has 0 bridgehead atoms. The van der Waals surface area contributed by atoms with Crippen LogP contribution in [0.5, 0.6) is 11.5 Å². The Kier molecular flexibility index (Phi) is 8.10. The monoisotopic (exact) mass is 501 g/mol. The topological polar surface area (TPSA) is 90.9 Å². The molecule has 0 atom stereocenters. The quantitative estimate of drug-likeness (QED) is 0.276. The molecular weight excluding hydrogens is 478 g/mol. The van der Waals surface area contributed by atoms with Crippen LogP contribution in [-0.2, 0) is 14.3 Å². The van der Waals surface area contributed by atoms with E-state index >= 15 is 0 Å². The molecule has 0 spiro atoms. The van der Waals surface area contributed by atoms with Crippen molar-refractivity contribution in [1.29, 1.82) is 0 Å². The van der Waals surface area contributed by atoms with Crippen molar-refractivity contribution in [2.45, 2.75) is 6.92 Å². The van der Waals surface area contributed by atoms with Crippen molar-refractivity contribution in [2.75, 3.05) is 18.5 Å². The third kappa shape index (κ3) is 6.17. The Morgan fingerprint density at radius 3 is 2.08 bits per heavy atom. The highest BCUT2D eigenvalue weighted by Gasteiger charge is 2.23. The molecule has 1 amide bonds. The highest BCUT2D eigenvalue weighted by Crippen LogP contribution is 2.36. The Balaban J connectivity index is 1.38. The average molecular weight is 502 g/mol. The highest BCUT2D eigenvalue weighted by molar-refractivity contribution is 7.15. The average Bonchev–Trinajstić information content (AvgIpc) is 3.32. The van der Waals surface area contributed by atoms with Gasteiger partial charge in [0, 0.05) is 10.9 Å². The summed E-state index contributed by atoms with van der Waals surface area (Å²) in [5.41, 5.74) is 2.02. The van der Waals surface area contributed by atoms with Crippen LogP contribution in [0, 0.1) is 0 Å². The van der Waals surface area contributed by atoms with E-state index in [2.05, 4.69) is 5.32 Å². The highest BCUT2D eigenvalue weighted by atomic mass is 32.1. The van der Waals surface area contributed by atoms with Gasteiger partial charge in [0.2, 0.25) is 0 Å². The molecule has 1 aromatic heterocycles. The molecule has 7 nitrogen and oxygen atoms in total. The molecule has 0 saturated heterocycles. The SMILES string of the molecule is CCOC(=O)c1c(-c2ccccc2)csc1NC(=O)COC(=O)c1ccc(Oc2ccccc2)cc1. The van der Waals surface area contributed by atoms with E-state index in [9.17, 15) is 14.4 Å². The normalized spacial score (nSPS) is 10.4. The van der Waals surface area contributed by atoms with Gasteiger partial charge >= 0.3 is 11.9 Å². The lowest BCUT2D eigenvalue weighted by atomic mass is 10.0. The van der Waals surface area contributed by atoms with Gasteiger partial charge in [-0.15, -0.1) is 11.3 Å². The van der Waals surface area contributed by atoms with Crippen LogP contribution >= 0.6 is 11.3 Å². The second-order valence-corrected chi connectivity index (χ2v) is 8.38. The smallest absolute Gasteiger partial charge is 0.341 e. The number of amides is 1. The van der Waals surface area contributed by atoms with Crippen LogP contribution in [0.25, 0.3) is 11.1 Å². The van der Waals surface area contributed by atoms with Crippen molar-refractivity contribution in [2.24, 2.45) is 0 Å². The second-order valence-electron chi connectivity index (χ2n) is 7.50. The van der Waals surface area contributed by atoms with Gasteiger partial charge in [-0.2, -0.15) is 0 Å². The van der Waals surface area contributed by atoms with Crippen LogP contribution in [0.3, 0.4) is 0 Å². The van der Waals surface area contributed by atoms with Crippen LogP contribution in [0.1, 0.15) is 27.6 Å². The van der Waals surface area contributed by atoms with Crippen LogP contribution in [0.4, 0.5) is 5.00 Å². The summed E-state index contributed by atoms with van der Waals surface area (Å²) in [6.45, 7) is 1.40. The largest absolute Gasteiger partial charge is 0.462 e. The number of hydrogen-bond donors (Lipinski definition) is 1. The maximum atomic E-state index is 12.6. The Bertz CT molecular complexity index is 1330. The molecule has 4 aromatic rings. The van der Waals surface area contributed by atoms with Gasteiger partial charge in [0.05, 0.1) is 12.2 Å². The summed E-state index contributed by atoms with van der Waals surface area (Å²) in [6, 6.07) is 25.0. The van der Waals surface area contributed by atoms with Crippen LogP contribution in [0.15, 0.2) is 90.3 Å². The third-order valence-corrected chi connectivity index (χ3v) is 5.91. The number of hydrogen-bond acceptors (Lipinski definition) is 7. The van der Waals surface area contributed by atoms with Crippen molar-refractivity contribution in [3.8, 4) is 22.6 Å². The minimum absolute atomic E-state index is 0.198. The predicted molar refractivity (Wildman–Crippen MR) is 138 cm³/mol. The molecule has 0 saturated carbocycles. The molecule has 0 aliphatic rings. The Hall–Kier alpha value is -4.43. The fraction of sp³-hybridized carbons (Fsp3) is 0.107. The molecule has 182 valence electrons. The maximum Gasteiger partial charge on any atom is 0.341 e. The summed E-state index contributed by atoms with van der Waals surface area (Å²) in [7, 11) is 0. The van der Waals surface area contributed by atoms with E-state index in [0.717, 1.165) is 5.56 Å². The van der Waals surface area contributed by atoms with Gasteiger partial charge in [-0.25, -0.2) is 9.59 Å². The molecule has 0 aliphatic heterocycles. The first kappa shape index (κ1) is 24.7. The number of ether oxygens (including phenoxy) is 3. The van der Waals surface area contributed by atoms with E-state index in [0.29, 0.717) is 22.1 Å². The van der Waals surface area contributed by atoms with E-state index in [4.69, 9.17) is 14.2 Å². The zero-order valence-corrected chi connectivity index (χ0v) is 20.2. The molecule has 1 heterocycles. The molecule has 8 heteroatoms. The first-order valence-electron chi connectivity index (χ1n) is 11.2. The summed E-state index contributed by atoms with van der Waals surface area (Å²) in [4.78, 5) is 37.6. The number of para-hydroxylation sites is 1. The molecule has 4 rings (SSSR count). The Labute approximate surface area is 212 Å². The number of rotatable bonds is 9. The van der Waals surface area contributed by atoms with Gasteiger partial charge in [0.1, 0.15) is 22.1 Å². The minimum atomic E-state index is -0.654. The summed E-state index contributed by atoms with van der Waals surface area (Å²) >= 11 is 1.20. The summed E-state index contributed by atoms with van der Waals surface area (Å²) in [5.74, 6) is -0.523. The van der Waals surface area contributed by atoms with E-state index in [1.165, 1.54) is 11.3 Å². The lowest BCUT2D eigenvalue weighted by Gasteiger charge is -2.10. The lowest BCUT2D eigenvalue weighted by molar-refractivity contribution is -0.119. The van der Waals surface area contributed by atoms with E-state index < -0.39 is 24.5 Å². The van der Waals surface area contributed by atoms with Gasteiger partial charge in [-0.1, -0.05) is 48.5 Å². The summed E-state index contributed by atoms with van der Waals surface area (Å²) < 4.78 is 16.1. The summed E-state index contributed by atoms with van der Waals surface area (Å²) in [6.07, 6.45) is 0. The molecule has 0 aliphatic carbocycles. The number of nitrogens with one attached hydrogen (secondary N) is 1. The second kappa shape index (κ2) is 11.8. The number of carbonyl (C=O) groups is 3. The van der Waals surface area contributed by atoms with Crippen LogP contribution < -0.4 is 10.1 Å². The van der Waals surface area contributed by atoms with Crippen molar-refractivity contribution in [3.05, 3.63) is 101 Å². The van der Waals surface area contributed by atoms with Crippen LogP contribution in [0.2, 0.25) is 0 Å². The number of benzene rings is 3. The molecule has 0 fully saturated rings. The standard InChI is InChI=1S/C28H23NO6S/c1-2-33-28(32)25-23(19-9-5-3-6-10-19)18-36-26(25)29-24(30)17-34-27(31)20-13-15-22(16-14-20)35-21-11-7-4-8-12-21/h3-16,18H,2,17H2,1H3,(H,29,30). The third-order valence-electron chi connectivity index (χ3n) is 5.01. The van der Waals surface area contributed by atoms with Gasteiger partial charge in [0.15, 0.2) is 6.61 Å². The van der Waals surface area contributed by atoms with E-state index in [1.807, 2.05) is 60.7 Å².